The molecule has 0 unspecified atom stereocenters. The van der Waals surface area contributed by atoms with Gasteiger partial charge in [0.2, 0.25) is 0 Å². The van der Waals surface area contributed by atoms with E-state index in [0.29, 0.717) is 23.7 Å². The van der Waals surface area contributed by atoms with Crippen LogP contribution in [0.4, 0.5) is 11.7 Å². The Kier molecular flexibility index (Phi) is 3.27. The fourth-order valence-electron chi connectivity index (χ4n) is 2.05. The van der Waals surface area contributed by atoms with Crippen LogP contribution >= 0.6 is 0 Å². The third-order valence-electron chi connectivity index (χ3n) is 3.16. The van der Waals surface area contributed by atoms with Crippen molar-refractivity contribution in [1.82, 2.24) is 14.8 Å². The second-order valence-electron chi connectivity index (χ2n) is 4.55. The Hall–Kier alpha value is -2.90. The summed E-state index contributed by atoms with van der Waals surface area (Å²) in [6.45, 7) is 0.633. The number of nitro benzene ring substituents is 1. The number of aryl methyl sites for hydroxylation is 1. The fraction of sp³-hybridized carbons (Fsp3) is 0.231. The van der Waals surface area contributed by atoms with Crippen molar-refractivity contribution in [3.05, 3.63) is 46.3 Å². The molecule has 0 aliphatic carbocycles. The van der Waals surface area contributed by atoms with Gasteiger partial charge in [-0.15, -0.1) is 0 Å². The number of fused-ring (bicyclic) bond motifs is 1. The fourth-order valence-corrected chi connectivity index (χ4v) is 2.05. The van der Waals surface area contributed by atoms with E-state index in [-0.39, 0.29) is 5.69 Å². The minimum Gasteiger partial charge on any atom is -0.423 e. The average Bonchev–Trinajstić information content (AvgIpc) is 3.04. The van der Waals surface area contributed by atoms with Crippen LogP contribution in [0.15, 0.2) is 34.9 Å². The maximum atomic E-state index is 10.7. The first-order valence-electron chi connectivity index (χ1n) is 6.39. The number of rotatable bonds is 5. The lowest BCUT2D eigenvalue weighted by molar-refractivity contribution is -0.384. The summed E-state index contributed by atoms with van der Waals surface area (Å²) in [5.74, 6) is 0. The Morgan fingerprint density at radius 3 is 3.00 bits per heavy atom. The molecule has 0 radical (unpaired) electrons. The predicted octanol–water partition coefficient (Wildman–Crippen LogP) is 2.12. The van der Waals surface area contributed by atoms with Gasteiger partial charge in [-0.3, -0.25) is 14.8 Å². The zero-order valence-electron chi connectivity index (χ0n) is 11.3. The van der Waals surface area contributed by atoms with Crippen LogP contribution < -0.4 is 5.32 Å². The van der Waals surface area contributed by atoms with Gasteiger partial charge in [-0.25, -0.2) is 0 Å². The van der Waals surface area contributed by atoms with Crippen LogP contribution in [0, 0.1) is 10.1 Å². The molecule has 0 amide bonds. The van der Waals surface area contributed by atoms with Crippen LogP contribution in [0.3, 0.4) is 0 Å². The van der Waals surface area contributed by atoms with Crippen molar-refractivity contribution in [2.24, 2.45) is 7.05 Å². The zero-order chi connectivity index (χ0) is 14.8. The van der Waals surface area contributed by atoms with Crippen molar-refractivity contribution in [1.29, 1.82) is 0 Å². The molecule has 21 heavy (non-hydrogen) atoms. The SMILES string of the molecule is Cn1nccc1CCNc1nc2ccc([N+](=O)[O-])cc2o1. The summed E-state index contributed by atoms with van der Waals surface area (Å²) in [6, 6.07) is 6.65. The smallest absolute Gasteiger partial charge is 0.295 e. The molecule has 3 aromatic rings. The number of non-ortho nitro benzene ring substituents is 1. The predicted molar refractivity (Wildman–Crippen MR) is 76.1 cm³/mol. The van der Waals surface area contributed by atoms with Crippen LogP contribution in [-0.4, -0.2) is 26.2 Å². The van der Waals surface area contributed by atoms with Crippen molar-refractivity contribution in [2.75, 3.05) is 11.9 Å². The molecule has 8 heteroatoms. The van der Waals surface area contributed by atoms with E-state index in [9.17, 15) is 10.1 Å². The van der Waals surface area contributed by atoms with Crippen molar-refractivity contribution >= 4 is 22.8 Å². The van der Waals surface area contributed by atoms with Gasteiger partial charge in [0.05, 0.1) is 11.0 Å². The van der Waals surface area contributed by atoms with Gasteiger partial charge in [-0.05, 0) is 12.1 Å². The molecule has 1 aromatic carbocycles. The highest BCUT2D eigenvalue weighted by molar-refractivity contribution is 5.77. The number of anilines is 1. The zero-order valence-corrected chi connectivity index (χ0v) is 11.3. The lowest BCUT2D eigenvalue weighted by atomic mass is 10.3. The summed E-state index contributed by atoms with van der Waals surface area (Å²) >= 11 is 0. The number of aromatic nitrogens is 3. The molecule has 0 aliphatic rings. The van der Waals surface area contributed by atoms with Gasteiger partial charge < -0.3 is 9.73 Å². The number of benzene rings is 1. The third-order valence-corrected chi connectivity index (χ3v) is 3.16. The molecule has 1 N–H and O–H groups in total. The summed E-state index contributed by atoms with van der Waals surface area (Å²) in [7, 11) is 1.88. The molecule has 0 fully saturated rings. The highest BCUT2D eigenvalue weighted by Crippen LogP contribution is 2.23. The van der Waals surface area contributed by atoms with Gasteiger partial charge in [-0.1, -0.05) is 0 Å². The van der Waals surface area contributed by atoms with E-state index >= 15 is 0 Å². The molecule has 0 bridgehead atoms. The van der Waals surface area contributed by atoms with Gasteiger partial charge in [-0.2, -0.15) is 10.1 Å². The number of nitro groups is 1. The second-order valence-corrected chi connectivity index (χ2v) is 4.55. The number of nitrogens with one attached hydrogen (secondary N) is 1. The van der Waals surface area contributed by atoms with Gasteiger partial charge in [0.15, 0.2) is 5.58 Å². The van der Waals surface area contributed by atoms with E-state index in [2.05, 4.69) is 15.4 Å². The largest absolute Gasteiger partial charge is 0.423 e. The molecule has 0 spiro atoms. The number of hydrogen-bond donors (Lipinski definition) is 1. The Morgan fingerprint density at radius 2 is 2.29 bits per heavy atom. The lowest BCUT2D eigenvalue weighted by Gasteiger charge is -2.02. The molecule has 3 rings (SSSR count). The summed E-state index contributed by atoms with van der Waals surface area (Å²) in [6.07, 6.45) is 2.52. The van der Waals surface area contributed by atoms with E-state index in [4.69, 9.17) is 4.42 Å². The van der Waals surface area contributed by atoms with Crippen molar-refractivity contribution in [2.45, 2.75) is 6.42 Å². The summed E-state index contributed by atoms with van der Waals surface area (Å²) in [5, 5.41) is 17.9. The lowest BCUT2D eigenvalue weighted by Crippen LogP contribution is -2.08. The van der Waals surface area contributed by atoms with E-state index in [1.807, 2.05) is 13.1 Å². The Bertz CT molecular complexity index is 792. The Balaban J connectivity index is 1.70. The molecule has 0 saturated heterocycles. The third kappa shape index (κ3) is 2.69. The normalized spacial score (nSPS) is 10.9. The van der Waals surface area contributed by atoms with E-state index < -0.39 is 4.92 Å². The molecule has 108 valence electrons. The summed E-state index contributed by atoms with van der Waals surface area (Å²) in [4.78, 5) is 14.5. The Labute approximate surface area is 119 Å². The molecular weight excluding hydrogens is 274 g/mol. The number of nitrogens with zero attached hydrogens (tertiary/aromatic N) is 4. The standard InChI is InChI=1S/C13H13N5O3/c1-17-9(5-7-15-17)4-6-14-13-16-11-3-2-10(18(19)20)8-12(11)21-13/h2-3,5,7-8H,4,6H2,1H3,(H,14,16). The number of oxazole rings is 1. The van der Waals surface area contributed by atoms with E-state index in [1.54, 1.807) is 16.9 Å². The van der Waals surface area contributed by atoms with Crippen molar-refractivity contribution < 1.29 is 9.34 Å². The minimum atomic E-state index is -0.461. The van der Waals surface area contributed by atoms with Gasteiger partial charge in [0, 0.05) is 38.0 Å². The van der Waals surface area contributed by atoms with Crippen LogP contribution in [0.25, 0.3) is 11.1 Å². The number of hydrogen-bond acceptors (Lipinski definition) is 6. The van der Waals surface area contributed by atoms with Crippen LogP contribution in [-0.2, 0) is 13.5 Å². The maximum Gasteiger partial charge on any atom is 0.295 e. The molecular formula is C13H13N5O3. The van der Waals surface area contributed by atoms with Crippen LogP contribution in [0.5, 0.6) is 0 Å². The Morgan fingerprint density at radius 1 is 1.43 bits per heavy atom. The quantitative estimate of drug-likeness (QED) is 0.570. The highest BCUT2D eigenvalue weighted by Gasteiger charge is 2.11. The first-order chi connectivity index (χ1) is 10.1. The first kappa shape index (κ1) is 13.1. The minimum absolute atomic E-state index is 0.0138. The summed E-state index contributed by atoms with van der Waals surface area (Å²) in [5.41, 5.74) is 2.06. The van der Waals surface area contributed by atoms with Crippen molar-refractivity contribution in [3.63, 3.8) is 0 Å². The van der Waals surface area contributed by atoms with Gasteiger partial charge in [0.25, 0.3) is 11.7 Å². The molecule has 2 heterocycles. The summed E-state index contributed by atoms with van der Waals surface area (Å²) < 4.78 is 7.26. The van der Waals surface area contributed by atoms with Gasteiger partial charge >= 0.3 is 0 Å². The molecule has 8 nitrogen and oxygen atoms in total. The molecule has 0 aliphatic heterocycles. The second kappa shape index (κ2) is 5.23. The van der Waals surface area contributed by atoms with Crippen LogP contribution in [0.2, 0.25) is 0 Å². The monoisotopic (exact) mass is 287 g/mol. The maximum absolute atomic E-state index is 10.7. The van der Waals surface area contributed by atoms with E-state index in [1.165, 1.54) is 12.1 Å². The molecule has 0 atom stereocenters. The van der Waals surface area contributed by atoms with Crippen molar-refractivity contribution in [3.8, 4) is 0 Å². The highest BCUT2D eigenvalue weighted by atomic mass is 16.6. The molecule has 2 aromatic heterocycles. The van der Waals surface area contributed by atoms with Crippen LogP contribution in [0.1, 0.15) is 5.69 Å². The molecule has 0 saturated carbocycles. The first-order valence-corrected chi connectivity index (χ1v) is 6.39. The van der Waals surface area contributed by atoms with E-state index in [0.717, 1.165) is 12.1 Å². The topological polar surface area (TPSA) is 99.0 Å². The van der Waals surface area contributed by atoms with Gasteiger partial charge in [0.1, 0.15) is 5.52 Å². The average molecular weight is 287 g/mol.